The Kier molecular flexibility index (Phi) is 4.89. The second-order valence-corrected chi connectivity index (χ2v) is 5.59. The van der Waals surface area contributed by atoms with E-state index in [4.69, 9.17) is 16.3 Å². The number of halogens is 1. The molecule has 2 rings (SSSR count). The molecule has 0 radical (unpaired) electrons. The predicted octanol–water partition coefficient (Wildman–Crippen LogP) is 3.30. The Bertz CT molecular complexity index is 580. The Morgan fingerprint density at radius 3 is 2.75 bits per heavy atom. The molecule has 1 aromatic carbocycles. The lowest BCUT2D eigenvalue weighted by molar-refractivity contribution is 0.358. The SMILES string of the molecule is COc1ccc2c(c1)nc(CCl)n2C(C)CCN(C)C. The van der Waals surface area contributed by atoms with Gasteiger partial charge in [-0.25, -0.2) is 4.98 Å². The van der Waals surface area contributed by atoms with Gasteiger partial charge in [-0.15, -0.1) is 11.6 Å². The predicted molar refractivity (Wildman–Crippen MR) is 83.7 cm³/mol. The molecule has 0 aliphatic heterocycles. The molecular weight excluding hydrogens is 274 g/mol. The number of alkyl halides is 1. The highest BCUT2D eigenvalue weighted by molar-refractivity contribution is 6.16. The van der Waals surface area contributed by atoms with Crippen LogP contribution >= 0.6 is 11.6 Å². The molecule has 1 atom stereocenters. The number of nitrogens with zero attached hydrogens (tertiary/aromatic N) is 3. The van der Waals surface area contributed by atoms with E-state index in [9.17, 15) is 0 Å². The molecule has 5 heteroatoms. The summed E-state index contributed by atoms with van der Waals surface area (Å²) in [6.07, 6.45) is 1.06. The van der Waals surface area contributed by atoms with Gasteiger partial charge in [0.05, 0.1) is 24.0 Å². The molecule has 110 valence electrons. The Morgan fingerprint density at radius 2 is 2.15 bits per heavy atom. The third kappa shape index (κ3) is 3.07. The number of ether oxygens (including phenoxy) is 1. The number of imidazole rings is 1. The molecule has 2 aromatic rings. The number of hydrogen-bond donors (Lipinski definition) is 0. The summed E-state index contributed by atoms with van der Waals surface area (Å²) < 4.78 is 7.50. The fourth-order valence-electron chi connectivity index (χ4n) is 2.42. The van der Waals surface area contributed by atoms with E-state index >= 15 is 0 Å². The van der Waals surface area contributed by atoms with E-state index in [1.165, 1.54) is 0 Å². The van der Waals surface area contributed by atoms with Gasteiger partial charge < -0.3 is 14.2 Å². The van der Waals surface area contributed by atoms with Gasteiger partial charge in [0.25, 0.3) is 0 Å². The van der Waals surface area contributed by atoms with Crippen molar-refractivity contribution in [3.63, 3.8) is 0 Å². The first-order valence-electron chi connectivity index (χ1n) is 6.82. The van der Waals surface area contributed by atoms with E-state index in [-0.39, 0.29) is 0 Å². The smallest absolute Gasteiger partial charge is 0.125 e. The third-order valence-corrected chi connectivity index (χ3v) is 3.76. The number of hydrogen-bond acceptors (Lipinski definition) is 3. The van der Waals surface area contributed by atoms with Crippen molar-refractivity contribution in [2.45, 2.75) is 25.3 Å². The molecule has 0 saturated carbocycles. The average molecular weight is 296 g/mol. The van der Waals surface area contributed by atoms with Crippen LogP contribution < -0.4 is 4.74 Å². The van der Waals surface area contributed by atoms with E-state index in [1.54, 1.807) is 7.11 Å². The van der Waals surface area contributed by atoms with E-state index in [0.29, 0.717) is 11.9 Å². The minimum absolute atomic E-state index is 0.365. The van der Waals surface area contributed by atoms with Crippen molar-refractivity contribution in [3.8, 4) is 5.75 Å². The number of rotatable bonds is 6. The maximum atomic E-state index is 6.06. The van der Waals surface area contributed by atoms with Crippen LogP contribution in [0.4, 0.5) is 0 Å². The lowest BCUT2D eigenvalue weighted by atomic mass is 10.2. The molecule has 0 fully saturated rings. The largest absolute Gasteiger partial charge is 0.497 e. The van der Waals surface area contributed by atoms with Gasteiger partial charge in [0.15, 0.2) is 0 Å². The summed E-state index contributed by atoms with van der Waals surface area (Å²) in [6, 6.07) is 6.35. The van der Waals surface area contributed by atoms with Crippen LogP contribution in [0.1, 0.15) is 25.2 Å². The zero-order chi connectivity index (χ0) is 14.7. The van der Waals surface area contributed by atoms with Crippen LogP contribution in [0.25, 0.3) is 11.0 Å². The van der Waals surface area contributed by atoms with Crippen molar-refractivity contribution in [3.05, 3.63) is 24.0 Å². The lowest BCUT2D eigenvalue weighted by Crippen LogP contribution is -2.18. The summed E-state index contributed by atoms with van der Waals surface area (Å²) in [7, 11) is 5.85. The summed E-state index contributed by atoms with van der Waals surface area (Å²) in [6.45, 7) is 3.25. The summed E-state index contributed by atoms with van der Waals surface area (Å²) in [5.41, 5.74) is 2.06. The van der Waals surface area contributed by atoms with Crippen LogP contribution in [0.15, 0.2) is 18.2 Å². The van der Waals surface area contributed by atoms with Gasteiger partial charge in [0.2, 0.25) is 0 Å². The molecule has 0 amide bonds. The lowest BCUT2D eigenvalue weighted by Gasteiger charge is -2.19. The molecule has 0 bridgehead atoms. The van der Waals surface area contributed by atoms with Crippen molar-refractivity contribution >= 4 is 22.6 Å². The van der Waals surface area contributed by atoms with Gasteiger partial charge in [0.1, 0.15) is 11.6 Å². The minimum atomic E-state index is 0.365. The quantitative estimate of drug-likeness (QED) is 0.766. The zero-order valence-corrected chi connectivity index (χ0v) is 13.3. The minimum Gasteiger partial charge on any atom is -0.497 e. The van der Waals surface area contributed by atoms with Crippen molar-refractivity contribution < 1.29 is 4.74 Å². The number of fused-ring (bicyclic) bond motifs is 1. The number of benzene rings is 1. The van der Waals surface area contributed by atoms with Crippen LogP contribution in [-0.2, 0) is 5.88 Å². The molecule has 1 aromatic heterocycles. The maximum absolute atomic E-state index is 6.06. The molecule has 0 N–H and O–H groups in total. The van der Waals surface area contributed by atoms with Gasteiger partial charge in [0, 0.05) is 12.1 Å². The third-order valence-electron chi connectivity index (χ3n) is 3.52. The highest BCUT2D eigenvalue weighted by atomic mass is 35.5. The monoisotopic (exact) mass is 295 g/mol. The van der Waals surface area contributed by atoms with Crippen LogP contribution in [0.2, 0.25) is 0 Å². The van der Waals surface area contributed by atoms with Crippen molar-refractivity contribution in [1.82, 2.24) is 14.5 Å². The van der Waals surface area contributed by atoms with Crippen LogP contribution in [-0.4, -0.2) is 42.2 Å². The Hall–Kier alpha value is -1.26. The molecule has 1 heterocycles. The summed E-state index contributed by atoms with van der Waals surface area (Å²) in [5, 5.41) is 0. The van der Waals surface area contributed by atoms with Gasteiger partial charge in [-0.05, 0) is 46.1 Å². The number of aromatic nitrogens is 2. The topological polar surface area (TPSA) is 30.3 Å². The van der Waals surface area contributed by atoms with E-state index in [1.807, 2.05) is 12.1 Å². The van der Waals surface area contributed by atoms with Crippen LogP contribution in [0, 0.1) is 0 Å². The van der Waals surface area contributed by atoms with Crippen molar-refractivity contribution in [2.24, 2.45) is 0 Å². The maximum Gasteiger partial charge on any atom is 0.125 e. The molecule has 0 aliphatic rings. The first-order chi connectivity index (χ1) is 9.56. The van der Waals surface area contributed by atoms with E-state index in [0.717, 1.165) is 35.6 Å². The molecule has 20 heavy (non-hydrogen) atoms. The molecular formula is C15H22ClN3O. The van der Waals surface area contributed by atoms with Crippen molar-refractivity contribution in [1.29, 1.82) is 0 Å². The van der Waals surface area contributed by atoms with Gasteiger partial charge >= 0.3 is 0 Å². The second kappa shape index (κ2) is 6.46. The molecule has 0 saturated heterocycles. The van der Waals surface area contributed by atoms with Crippen LogP contribution in [0.3, 0.4) is 0 Å². The first kappa shape index (κ1) is 15.1. The van der Waals surface area contributed by atoms with Gasteiger partial charge in [-0.2, -0.15) is 0 Å². The van der Waals surface area contributed by atoms with E-state index in [2.05, 4.69) is 41.5 Å². The standard InChI is InChI=1S/C15H22ClN3O/c1-11(7-8-18(2)3)19-14-6-5-12(20-4)9-13(14)17-15(19)10-16/h5-6,9,11H,7-8,10H2,1-4H3. The molecule has 0 aliphatic carbocycles. The van der Waals surface area contributed by atoms with Crippen LogP contribution in [0.5, 0.6) is 5.75 Å². The molecule has 1 unspecified atom stereocenters. The zero-order valence-electron chi connectivity index (χ0n) is 12.6. The fraction of sp³-hybridized carbons (Fsp3) is 0.533. The second-order valence-electron chi connectivity index (χ2n) is 5.33. The Balaban J connectivity index is 2.39. The molecule has 0 spiro atoms. The average Bonchev–Trinajstić information content (AvgIpc) is 2.81. The Morgan fingerprint density at radius 1 is 1.40 bits per heavy atom. The highest BCUT2D eigenvalue weighted by Gasteiger charge is 2.15. The molecule has 4 nitrogen and oxygen atoms in total. The van der Waals surface area contributed by atoms with Gasteiger partial charge in [-0.3, -0.25) is 0 Å². The van der Waals surface area contributed by atoms with Crippen molar-refractivity contribution in [2.75, 3.05) is 27.7 Å². The first-order valence-corrected chi connectivity index (χ1v) is 7.35. The highest BCUT2D eigenvalue weighted by Crippen LogP contribution is 2.27. The summed E-state index contributed by atoms with van der Waals surface area (Å²) in [4.78, 5) is 6.82. The Labute approximate surface area is 125 Å². The normalized spacial score (nSPS) is 13.1. The number of methoxy groups -OCH3 is 1. The van der Waals surface area contributed by atoms with Gasteiger partial charge in [-0.1, -0.05) is 0 Å². The fourth-order valence-corrected chi connectivity index (χ4v) is 2.60. The summed E-state index contributed by atoms with van der Waals surface area (Å²) in [5.74, 6) is 2.16. The summed E-state index contributed by atoms with van der Waals surface area (Å²) >= 11 is 6.06. The van der Waals surface area contributed by atoms with E-state index < -0.39 is 0 Å².